The lowest BCUT2D eigenvalue weighted by molar-refractivity contribution is -0.124. The van der Waals surface area contributed by atoms with Gasteiger partial charge >= 0.3 is 0 Å². The van der Waals surface area contributed by atoms with E-state index < -0.39 is 21.9 Å². The number of nitrogens with zero attached hydrogens (tertiary/aromatic N) is 1. The number of rotatable bonds is 7. The van der Waals surface area contributed by atoms with Gasteiger partial charge in [0.05, 0.1) is 4.90 Å². The maximum absolute atomic E-state index is 13.0. The van der Waals surface area contributed by atoms with E-state index >= 15 is 0 Å². The minimum absolute atomic E-state index is 0.0675. The van der Waals surface area contributed by atoms with Crippen molar-refractivity contribution in [1.82, 2.24) is 10.2 Å². The average Bonchev–Trinajstić information content (AvgIpc) is 3.22. The smallest absolute Gasteiger partial charge is 0.261 e. The lowest BCUT2D eigenvalue weighted by Gasteiger charge is -2.24. The summed E-state index contributed by atoms with van der Waals surface area (Å²) in [6.45, 7) is 3.03. The van der Waals surface area contributed by atoms with Gasteiger partial charge in [0.25, 0.3) is 15.9 Å². The number of carbonyl (C=O) groups excluding carboxylic acids is 2. The molecule has 1 heterocycles. The molecule has 0 unspecified atom stereocenters. The Bertz CT molecular complexity index is 1010. The van der Waals surface area contributed by atoms with Crippen LogP contribution in [0.25, 0.3) is 0 Å². The zero-order valence-electron chi connectivity index (χ0n) is 16.6. The molecule has 30 heavy (non-hydrogen) atoms. The molecule has 0 aliphatic carbocycles. The highest BCUT2D eigenvalue weighted by atomic mass is 32.2. The molecular weight excluding hydrogens is 409 g/mol. The Labute approximate surface area is 175 Å². The third-order valence-corrected chi connectivity index (χ3v) is 6.27. The van der Waals surface area contributed by atoms with Crippen LogP contribution in [-0.2, 0) is 14.8 Å². The molecule has 160 valence electrons. The van der Waals surface area contributed by atoms with Crippen LogP contribution in [0.5, 0.6) is 0 Å². The van der Waals surface area contributed by atoms with Crippen LogP contribution in [0.3, 0.4) is 0 Å². The predicted molar refractivity (Wildman–Crippen MR) is 111 cm³/mol. The quantitative estimate of drug-likeness (QED) is 0.702. The number of carbonyl (C=O) groups is 2. The molecule has 2 aromatic carbocycles. The lowest BCUT2D eigenvalue weighted by atomic mass is 10.1. The van der Waals surface area contributed by atoms with Crippen LogP contribution in [0.2, 0.25) is 0 Å². The number of halogens is 1. The molecule has 9 heteroatoms. The molecule has 1 atom stereocenters. The van der Waals surface area contributed by atoms with E-state index in [-0.39, 0.29) is 22.4 Å². The van der Waals surface area contributed by atoms with Crippen LogP contribution in [0.15, 0.2) is 53.4 Å². The van der Waals surface area contributed by atoms with Crippen molar-refractivity contribution < 1.29 is 22.4 Å². The Morgan fingerprint density at radius 1 is 1.10 bits per heavy atom. The van der Waals surface area contributed by atoms with Gasteiger partial charge in [-0.15, -0.1) is 0 Å². The van der Waals surface area contributed by atoms with Gasteiger partial charge in [0, 0.05) is 24.3 Å². The van der Waals surface area contributed by atoms with Crippen LogP contribution in [-0.4, -0.2) is 44.3 Å². The SMILES string of the molecule is CCCNC(=O)[C@H]1CCCN1C(=O)c1ccc(NS(=O)(=O)c2ccc(F)cc2)cc1. The van der Waals surface area contributed by atoms with Crippen molar-refractivity contribution in [1.29, 1.82) is 0 Å². The van der Waals surface area contributed by atoms with Crippen molar-refractivity contribution in [3.05, 3.63) is 59.9 Å². The standard InChI is InChI=1S/C21H24FN3O4S/c1-2-13-23-20(26)19-4-3-14-25(19)21(27)15-5-9-17(10-6-15)24-30(28,29)18-11-7-16(22)8-12-18/h5-12,19,24H,2-4,13-14H2,1H3,(H,23,26)/t19-/m1/s1. The van der Waals surface area contributed by atoms with Crippen LogP contribution >= 0.6 is 0 Å². The van der Waals surface area contributed by atoms with Gasteiger partial charge in [0.15, 0.2) is 0 Å². The van der Waals surface area contributed by atoms with E-state index in [0.717, 1.165) is 25.0 Å². The fraction of sp³-hybridized carbons (Fsp3) is 0.333. The lowest BCUT2D eigenvalue weighted by Crippen LogP contribution is -2.46. The molecule has 2 N–H and O–H groups in total. The number of sulfonamides is 1. The maximum atomic E-state index is 13.0. The molecular formula is C21H24FN3O4S. The minimum atomic E-state index is -3.87. The van der Waals surface area contributed by atoms with E-state index in [4.69, 9.17) is 0 Å². The van der Waals surface area contributed by atoms with Gasteiger partial charge in [-0.3, -0.25) is 14.3 Å². The van der Waals surface area contributed by atoms with E-state index in [2.05, 4.69) is 10.0 Å². The Balaban J connectivity index is 1.69. The number of hydrogen-bond acceptors (Lipinski definition) is 4. The first-order chi connectivity index (χ1) is 14.3. The number of hydrogen-bond donors (Lipinski definition) is 2. The van der Waals surface area contributed by atoms with E-state index in [9.17, 15) is 22.4 Å². The highest BCUT2D eigenvalue weighted by Gasteiger charge is 2.34. The summed E-state index contributed by atoms with van der Waals surface area (Å²) in [6, 6.07) is 10.0. The number of likely N-dealkylation sites (tertiary alicyclic amines) is 1. The molecule has 2 amide bonds. The summed E-state index contributed by atoms with van der Waals surface area (Å²) >= 11 is 0. The molecule has 2 aromatic rings. The number of benzene rings is 2. The first kappa shape index (κ1) is 21.8. The van der Waals surface area contributed by atoms with Gasteiger partial charge in [-0.25, -0.2) is 12.8 Å². The van der Waals surface area contributed by atoms with Crippen LogP contribution in [0.1, 0.15) is 36.5 Å². The second kappa shape index (κ2) is 9.25. The number of amides is 2. The minimum Gasteiger partial charge on any atom is -0.354 e. The summed E-state index contributed by atoms with van der Waals surface area (Å²) in [5.41, 5.74) is 0.643. The first-order valence-corrected chi connectivity index (χ1v) is 11.3. The molecule has 7 nitrogen and oxygen atoms in total. The van der Waals surface area contributed by atoms with E-state index in [1.165, 1.54) is 36.4 Å². The van der Waals surface area contributed by atoms with Crippen molar-refractivity contribution in [3.8, 4) is 0 Å². The van der Waals surface area contributed by atoms with E-state index in [1.807, 2.05) is 6.92 Å². The zero-order chi connectivity index (χ0) is 21.7. The van der Waals surface area contributed by atoms with Gasteiger partial charge < -0.3 is 10.2 Å². The van der Waals surface area contributed by atoms with Gasteiger partial charge in [-0.1, -0.05) is 6.92 Å². The third-order valence-electron chi connectivity index (χ3n) is 4.87. The van der Waals surface area contributed by atoms with Crippen molar-refractivity contribution in [2.75, 3.05) is 17.8 Å². The Morgan fingerprint density at radius 2 is 1.77 bits per heavy atom. The Kier molecular flexibility index (Phi) is 6.71. The molecule has 1 aliphatic rings. The first-order valence-electron chi connectivity index (χ1n) is 9.79. The third kappa shape index (κ3) is 4.96. The topological polar surface area (TPSA) is 95.6 Å². The molecule has 0 bridgehead atoms. The summed E-state index contributed by atoms with van der Waals surface area (Å²) in [7, 11) is -3.87. The monoisotopic (exact) mass is 433 g/mol. The number of nitrogens with one attached hydrogen (secondary N) is 2. The van der Waals surface area contributed by atoms with Crippen molar-refractivity contribution in [2.45, 2.75) is 37.1 Å². The van der Waals surface area contributed by atoms with Gasteiger partial charge in [0.1, 0.15) is 11.9 Å². The highest BCUT2D eigenvalue weighted by molar-refractivity contribution is 7.92. The molecule has 3 rings (SSSR count). The van der Waals surface area contributed by atoms with Gasteiger partial charge in [0.2, 0.25) is 5.91 Å². The molecule has 0 saturated carbocycles. The average molecular weight is 434 g/mol. The van der Waals surface area contributed by atoms with Crippen molar-refractivity contribution >= 4 is 27.5 Å². The molecule has 0 radical (unpaired) electrons. The normalized spacial score (nSPS) is 16.3. The van der Waals surface area contributed by atoms with Gasteiger partial charge in [-0.2, -0.15) is 0 Å². The fourth-order valence-corrected chi connectivity index (χ4v) is 4.38. The van der Waals surface area contributed by atoms with Crippen LogP contribution in [0, 0.1) is 5.82 Å². The van der Waals surface area contributed by atoms with Crippen molar-refractivity contribution in [2.24, 2.45) is 0 Å². The van der Waals surface area contributed by atoms with Crippen LogP contribution < -0.4 is 10.0 Å². The molecule has 1 saturated heterocycles. The predicted octanol–water partition coefficient (Wildman–Crippen LogP) is 2.76. The second-order valence-electron chi connectivity index (χ2n) is 7.08. The summed E-state index contributed by atoms with van der Waals surface area (Å²) in [5.74, 6) is -0.941. The molecule has 1 fully saturated rings. The van der Waals surface area contributed by atoms with E-state index in [1.54, 1.807) is 4.90 Å². The Hall–Kier alpha value is -2.94. The summed E-state index contributed by atoms with van der Waals surface area (Å²) < 4.78 is 40.2. The molecule has 1 aliphatic heterocycles. The second-order valence-corrected chi connectivity index (χ2v) is 8.77. The van der Waals surface area contributed by atoms with Gasteiger partial charge in [-0.05, 0) is 67.8 Å². The summed E-state index contributed by atoms with van der Waals surface area (Å²) in [6.07, 6.45) is 2.20. The van der Waals surface area contributed by atoms with Crippen molar-refractivity contribution in [3.63, 3.8) is 0 Å². The number of anilines is 1. The summed E-state index contributed by atoms with van der Waals surface area (Å²) in [5, 5.41) is 2.83. The molecule has 0 spiro atoms. The summed E-state index contributed by atoms with van der Waals surface area (Å²) in [4.78, 5) is 26.7. The maximum Gasteiger partial charge on any atom is 0.261 e. The van der Waals surface area contributed by atoms with Crippen LogP contribution in [0.4, 0.5) is 10.1 Å². The van der Waals surface area contributed by atoms with E-state index in [0.29, 0.717) is 25.1 Å². The largest absolute Gasteiger partial charge is 0.354 e. The Morgan fingerprint density at radius 3 is 2.40 bits per heavy atom. The molecule has 0 aromatic heterocycles. The highest BCUT2D eigenvalue weighted by Crippen LogP contribution is 2.22. The fourth-order valence-electron chi connectivity index (χ4n) is 3.32. The zero-order valence-corrected chi connectivity index (χ0v) is 17.4.